The van der Waals surface area contributed by atoms with Gasteiger partial charge in [-0.25, -0.2) is 0 Å². The zero-order chi connectivity index (χ0) is 16.2. The van der Waals surface area contributed by atoms with Crippen LogP contribution in [0.4, 0.5) is 5.69 Å². The molecule has 0 fully saturated rings. The van der Waals surface area contributed by atoms with Crippen molar-refractivity contribution in [3.8, 4) is 0 Å². The minimum Gasteiger partial charge on any atom is -0.398 e. The van der Waals surface area contributed by atoms with Gasteiger partial charge in [-0.1, -0.05) is 86.6 Å². The molecule has 1 heteroatoms. The maximum atomic E-state index is 6.17. The van der Waals surface area contributed by atoms with Crippen molar-refractivity contribution in [3.05, 3.63) is 101 Å². The highest BCUT2D eigenvalue weighted by Crippen LogP contribution is 2.34. The second-order valence-electron chi connectivity index (χ2n) is 6.30. The third-order valence-electron chi connectivity index (χ3n) is 4.33. The van der Waals surface area contributed by atoms with Crippen molar-refractivity contribution in [2.75, 3.05) is 5.73 Å². The van der Waals surface area contributed by atoms with E-state index < -0.39 is 0 Å². The van der Waals surface area contributed by atoms with Crippen molar-refractivity contribution in [1.82, 2.24) is 0 Å². The minimum atomic E-state index is 0.232. The van der Waals surface area contributed by atoms with Crippen LogP contribution in [0.1, 0.15) is 47.9 Å². The van der Waals surface area contributed by atoms with Crippen LogP contribution in [0.25, 0.3) is 0 Å². The molecule has 0 saturated heterocycles. The fourth-order valence-corrected chi connectivity index (χ4v) is 3.14. The molecule has 23 heavy (non-hydrogen) atoms. The Hall–Kier alpha value is -2.54. The smallest absolute Gasteiger partial charge is 0.0349 e. The summed E-state index contributed by atoms with van der Waals surface area (Å²) in [6, 6.07) is 27.8. The van der Waals surface area contributed by atoms with Gasteiger partial charge in [0.05, 0.1) is 0 Å². The maximum Gasteiger partial charge on any atom is 0.0349 e. The Morgan fingerprint density at radius 2 is 1.17 bits per heavy atom. The summed E-state index contributed by atoms with van der Waals surface area (Å²) in [5.74, 6) is 0.651. The van der Waals surface area contributed by atoms with E-state index in [1.807, 2.05) is 6.07 Å². The van der Waals surface area contributed by atoms with E-state index in [2.05, 4.69) is 86.6 Å². The van der Waals surface area contributed by atoms with Crippen molar-refractivity contribution in [2.24, 2.45) is 0 Å². The molecule has 0 aliphatic heterocycles. The molecular formula is C22H23N. The molecule has 0 radical (unpaired) electrons. The summed E-state index contributed by atoms with van der Waals surface area (Å²) in [5, 5.41) is 0. The van der Waals surface area contributed by atoms with Gasteiger partial charge >= 0.3 is 0 Å². The molecule has 0 aromatic heterocycles. The molecule has 0 spiro atoms. The van der Waals surface area contributed by atoms with Crippen molar-refractivity contribution in [2.45, 2.75) is 25.7 Å². The number of rotatable bonds is 4. The SMILES string of the molecule is CC(C)c1cc(C(c2ccccc2)c2ccccc2)ccc1N. The molecule has 0 aliphatic rings. The normalized spacial score (nSPS) is 11.1. The summed E-state index contributed by atoms with van der Waals surface area (Å²) in [7, 11) is 0. The molecule has 3 aromatic carbocycles. The molecule has 0 unspecified atom stereocenters. The highest BCUT2D eigenvalue weighted by Gasteiger charge is 2.18. The van der Waals surface area contributed by atoms with Crippen molar-refractivity contribution >= 4 is 5.69 Å². The van der Waals surface area contributed by atoms with E-state index in [1.54, 1.807) is 0 Å². The number of hydrogen-bond donors (Lipinski definition) is 1. The summed E-state index contributed by atoms with van der Waals surface area (Å²) < 4.78 is 0. The van der Waals surface area contributed by atoms with E-state index in [4.69, 9.17) is 5.73 Å². The number of nitrogen functional groups attached to an aromatic ring is 1. The van der Waals surface area contributed by atoms with E-state index in [-0.39, 0.29) is 5.92 Å². The van der Waals surface area contributed by atoms with Gasteiger partial charge in [0.1, 0.15) is 0 Å². The Kier molecular flexibility index (Phi) is 4.47. The second kappa shape index (κ2) is 6.70. The number of hydrogen-bond acceptors (Lipinski definition) is 1. The maximum absolute atomic E-state index is 6.17. The van der Waals surface area contributed by atoms with Crippen LogP contribution in [0.2, 0.25) is 0 Å². The lowest BCUT2D eigenvalue weighted by molar-refractivity contribution is 0.861. The number of anilines is 1. The van der Waals surface area contributed by atoms with Gasteiger partial charge in [-0.3, -0.25) is 0 Å². The van der Waals surface area contributed by atoms with Crippen molar-refractivity contribution < 1.29 is 0 Å². The van der Waals surface area contributed by atoms with Crippen LogP contribution < -0.4 is 5.73 Å². The van der Waals surface area contributed by atoms with Crippen LogP contribution in [0.15, 0.2) is 78.9 Å². The highest BCUT2D eigenvalue weighted by atomic mass is 14.6. The summed E-state index contributed by atoms with van der Waals surface area (Å²) in [6.07, 6.45) is 0. The Balaban J connectivity index is 2.15. The minimum absolute atomic E-state index is 0.232. The van der Waals surface area contributed by atoms with Crippen LogP contribution in [0, 0.1) is 0 Å². The van der Waals surface area contributed by atoms with E-state index in [0.717, 1.165) is 5.69 Å². The third-order valence-corrected chi connectivity index (χ3v) is 4.33. The molecule has 3 aromatic rings. The Morgan fingerprint density at radius 3 is 1.65 bits per heavy atom. The molecule has 2 N–H and O–H groups in total. The standard InChI is InChI=1S/C22H23N/c1-16(2)20-15-19(13-14-21(20)23)22(17-9-5-3-6-10-17)18-11-7-4-8-12-18/h3-16,22H,23H2,1-2H3. The summed E-state index contributed by atoms with van der Waals surface area (Å²) >= 11 is 0. The van der Waals surface area contributed by atoms with Gasteiger partial charge in [0.2, 0.25) is 0 Å². The highest BCUT2D eigenvalue weighted by molar-refractivity contribution is 5.54. The molecule has 0 atom stereocenters. The predicted octanol–water partition coefficient (Wildman–Crippen LogP) is 5.57. The quantitative estimate of drug-likeness (QED) is 0.494. The van der Waals surface area contributed by atoms with E-state index >= 15 is 0 Å². The largest absolute Gasteiger partial charge is 0.398 e. The fourth-order valence-electron chi connectivity index (χ4n) is 3.14. The Morgan fingerprint density at radius 1 is 0.652 bits per heavy atom. The van der Waals surface area contributed by atoms with Crippen LogP contribution >= 0.6 is 0 Å². The van der Waals surface area contributed by atoms with Gasteiger partial charge in [0.15, 0.2) is 0 Å². The molecule has 1 nitrogen and oxygen atoms in total. The van der Waals surface area contributed by atoms with Gasteiger partial charge in [-0.2, -0.15) is 0 Å². The molecule has 116 valence electrons. The predicted molar refractivity (Wildman–Crippen MR) is 98.8 cm³/mol. The van der Waals surface area contributed by atoms with Crippen LogP contribution in [-0.4, -0.2) is 0 Å². The van der Waals surface area contributed by atoms with Gasteiger partial charge in [-0.15, -0.1) is 0 Å². The first-order chi connectivity index (χ1) is 11.2. The first-order valence-electron chi connectivity index (χ1n) is 8.16. The molecule has 0 saturated carbocycles. The molecule has 0 bridgehead atoms. The van der Waals surface area contributed by atoms with E-state index in [1.165, 1.54) is 22.3 Å². The number of benzene rings is 3. The first kappa shape index (κ1) is 15.4. The lowest BCUT2D eigenvalue weighted by Gasteiger charge is -2.21. The van der Waals surface area contributed by atoms with Gasteiger partial charge in [-0.05, 0) is 34.2 Å². The zero-order valence-corrected chi connectivity index (χ0v) is 13.7. The van der Waals surface area contributed by atoms with E-state index in [9.17, 15) is 0 Å². The average molecular weight is 301 g/mol. The summed E-state index contributed by atoms with van der Waals surface area (Å²) in [4.78, 5) is 0. The lowest BCUT2D eigenvalue weighted by Crippen LogP contribution is -2.06. The van der Waals surface area contributed by atoms with E-state index in [0.29, 0.717) is 5.92 Å². The molecular weight excluding hydrogens is 278 g/mol. The van der Waals surface area contributed by atoms with Crippen LogP contribution in [-0.2, 0) is 0 Å². The summed E-state index contributed by atoms with van der Waals surface area (Å²) in [6.45, 7) is 4.38. The van der Waals surface area contributed by atoms with Crippen molar-refractivity contribution in [3.63, 3.8) is 0 Å². The van der Waals surface area contributed by atoms with Gasteiger partial charge < -0.3 is 5.73 Å². The first-order valence-corrected chi connectivity index (χ1v) is 8.16. The average Bonchev–Trinajstić information content (AvgIpc) is 2.58. The molecule has 0 aliphatic carbocycles. The number of nitrogens with two attached hydrogens (primary N) is 1. The molecule has 3 rings (SSSR count). The zero-order valence-electron chi connectivity index (χ0n) is 13.7. The monoisotopic (exact) mass is 301 g/mol. The van der Waals surface area contributed by atoms with Gasteiger partial charge in [0.25, 0.3) is 0 Å². The van der Waals surface area contributed by atoms with Crippen LogP contribution in [0.5, 0.6) is 0 Å². The van der Waals surface area contributed by atoms with Gasteiger partial charge in [0, 0.05) is 11.6 Å². The molecule has 0 amide bonds. The lowest BCUT2D eigenvalue weighted by atomic mass is 9.83. The fraction of sp³-hybridized carbons (Fsp3) is 0.182. The summed E-state index contributed by atoms with van der Waals surface area (Å²) in [5.41, 5.74) is 12.2. The topological polar surface area (TPSA) is 26.0 Å². The Labute approximate surface area is 138 Å². The third kappa shape index (κ3) is 3.29. The molecule has 0 heterocycles. The van der Waals surface area contributed by atoms with Crippen molar-refractivity contribution in [1.29, 1.82) is 0 Å². The van der Waals surface area contributed by atoms with Crippen LogP contribution in [0.3, 0.4) is 0 Å². The Bertz CT molecular complexity index is 721. The second-order valence-corrected chi connectivity index (χ2v) is 6.30.